The van der Waals surface area contributed by atoms with E-state index in [-0.39, 0.29) is 12.2 Å². The van der Waals surface area contributed by atoms with E-state index in [2.05, 4.69) is 5.32 Å². The van der Waals surface area contributed by atoms with Gasteiger partial charge in [-0.2, -0.15) is 0 Å². The number of alkyl carbamates (subject to hydrolysis) is 1. The topological polar surface area (TPSA) is 75.6 Å². The first-order valence-corrected chi connectivity index (χ1v) is 8.21. The van der Waals surface area contributed by atoms with E-state index in [1.807, 2.05) is 6.07 Å². The number of carboxylic acids is 1. The molecule has 26 heavy (non-hydrogen) atoms. The smallest absolute Gasteiger partial charge is 0.408 e. The molecule has 5 nitrogen and oxygen atoms in total. The number of aliphatic carboxylic acids is 1. The van der Waals surface area contributed by atoms with Crippen molar-refractivity contribution < 1.29 is 23.8 Å². The Kier molecular flexibility index (Phi) is 5.97. The summed E-state index contributed by atoms with van der Waals surface area (Å²) in [6.45, 7) is 5.10. The summed E-state index contributed by atoms with van der Waals surface area (Å²) in [5, 5.41) is 11.8. The zero-order chi connectivity index (χ0) is 19.3. The summed E-state index contributed by atoms with van der Waals surface area (Å²) in [5.41, 5.74) is 1.45. The van der Waals surface area contributed by atoms with E-state index in [0.717, 1.165) is 5.56 Å². The van der Waals surface area contributed by atoms with E-state index in [4.69, 9.17) is 4.74 Å². The van der Waals surface area contributed by atoms with Gasteiger partial charge in [0.05, 0.1) is 0 Å². The van der Waals surface area contributed by atoms with Crippen molar-refractivity contribution in [3.63, 3.8) is 0 Å². The van der Waals surface area contributed by atoms with Crippen LogP contribution in [0.3, 0.4) is 0 Å². The molecule has 2 aromatic rings. The lowest BCUT2D eigenvalue weighted by Crippen LogP contribution is -2.44. The Morgan fingerprint density at radius 1 is 1.12 bits per heavy atom. The van der Waals surface area contributed by atoms with Gasteiger partial charge in [0.25, 0.3) is 0 Å². The van der Waals surface area contributed by atoms with Crippen molar-refractivity contribution in [1.82, 2.24) is 5.32 Å². The normalized spacial score (nSPS) is 12.3. The van der Waals surface area contributed by atoms with Gasteiger partial charge in [0.2, 0.25) is 0 Å². The molecule has 2 N–H and O–H groups in total. The van der Waals surface area contributed by atoms with E-state index in [9.17, 15) is 19.1 Å². The Hall–Kier alpha value is -2.89. The van der Waals surface area contributed by atoms with Crippen molar-refractivity contribution in [1.29, 1.82) is 0 Å². The van der Waals surface area contributed by atoms with Crippen molar-refractivity contribution in [3.05, 3.63) is 59.9 Å². The average molecular weight is 359 g/mol. The molecule has 0 unspecified atom stereocenters. The number of hydrogen-bond donors (Lipinski definition) is 2. The Morgan fingerprint density at radius 2 is 1.73 bits per heavy atom. The Morgan fingerprint density at radius 3 is 2.31 bits per heavy atom. The molecule has 1 atom stereocenters. The number of ether oxygens (including phenoxy) is 1. The monoisotopic (exact) mass is 359 g/mol. The number of nitrogens with one attached hydrogen (secondary N) is 1. The lowest BCUT2D eigenvalue weighted by Gasteiger charge is -2.22. The van der Waals surface area contributed by atoms with Gasteiger partial charge >= 0.3 is 12.1 Å². The molecule has 0 aliphatic rings. The van der Waals surface area contributed by atoms with Gasteiger partial charge < -0.3 is 15.2 Å². The first-order valence-electron chi connectivity index (χ1n) is 8.21. The van der Waals surface area contributed by atoms with Crippen molar-refractivity contribution in [2.75, 3.05) is 0 Å². The molecule has 2 aromatic carbocycles. The fourth-order valence-electron chi connectivity index (χ4n) is 2.43. The fourth-order valence-corrected chi connectivity index (χ4v) is 2.43. The van der Waals surface area contributed by atoms with Gasteiger partial charge in [-0.15, -0.1) is 0 Å². The third-order valence-corrected chi connectivity index (χ3v) is 3.51. The zero-order valence-electron chi connectivity index (χ0n) is 15.0. The molecule has 0 aliphatic heterocycles. The van der Waals surface area contributed by atoms with Crippen LogP contribution >= 0.6 is 0 Å². The summed E-state index contributed by atoms with van der Waals surface area (Å²) < 4.78 is 18.5. The van der Waals surface area contributed by atoms with Gasteiger partial charge in [-0.25, -0.2) is 14.0 Å². The molecular weight excluding hydrogens is 337 g/mol. The molecule has 0 aliphatic carbocycles. The predicted octanol–water partition coefficient (Wildman–Crippen LogP) is 4.01. The van der Waals surface area contributed by atoms with Crippen molar-refractivity contribution in [2.24, 2.45) is 0 Å². The number of rotatable bonds is 5. The number of amides is 1. The molecular formula is C20H22FNO4. The number of benzene rings is 2. The Balaban J connectivity index is 2.15. The van der Waals surface area contributed by atoms with Crippen LogP contribution in [0.15, 0.2) is 48.5 Å². The summed E-state index contributed by atoms with van der Waals surface area (Å²) >= 11 is 0. The van der Waals surface area contributed by atoms with Crippen LogP contribution in [0, 0.1) is 5.82 Å². The highest BCUT2D eigenvalue weighted by Gasteiger charge is 2.24. The van der Waals surface area contributed by atoms with E-state index >= 15 is 0 Å². The van der Waals surface area contributed by atoms with Gasteiger partial charge in [0, 0.05) is 6.42 Å². The number of halogens is 1. The highest BCUT2D eigenvalue weighted by molar-refractivity contribution is 5.80. The fraction of sp³-hybridized carbons (Fsp3) is 0.300. The SMILES string of the molecule is CC(C)(C)OC(=O)N[C@@H](Cc1cccc(-c2cccc(F)c2)c1)C(=O)O. The molecule has 0 heterocycles. The summed E-state index contributed by atoms with van der Waals surface area (Å²) in [7, 11) is 0. The minimum atomic E-state index is -1.16. The van der Waals surface area contributed by atoms with Crippen LogP contribution in [0.1, 0.15) is 26.3 Å². The van der Waals surface area contributed by atoms with Crippen molar-refractivity contribution in [2.45, 2.75) is 38.8 Å². The molecule has 138 valence electrons. The Labute approximate surface area is 151 Å². The maximum Gasteiger partial charge on any atom is 0.408 e. The van der Waals surface area contributed by atoms with Gasteiger partial charge in [-0.3, -0.25) is 0 Å². The average Bonchev–Trinajstić information content (AvgIpc) is 2.52. The van der Waals surface area contributed by atoms with Gasteiger partial charge in [0.1, 0.15) is 17.5 Å². The molecule has 0 fully saturated rings. The number of carbonyl (C=O) groups excluding carboxylic acids is 1. The quantitative estimate of drug-likeness (QED) is 0.846. The lowest BCUT2D eigenvalue weighted by molar-refractivity contribution is -0.139. The van der Waals surface area contributed by atoms with Crippen molar-refractivity contribution in [3.8, 4) is 11.1 Å². The molecule has 0 aromatic heterocycles. The van der Waals surface area contributed by atoms with Crippen LogP contribution in [0.4, 0.5) is 9.18 Å². The van der Waals surface area contributed by atoms with E-state index in [1.54, 1.807) is 51.1 Å². The van der Waals surface area contributed by atoms with Crippen LogP contribution in [0.25, 0.3) is 11.1 Å². The van der Waals surface area contributed by atoms with E-state index < -0.39 is 23.7 Å². The summed E-state index contributed by atoms with van der Waals surface area (Å²) in [5.74, 6) is -1.50. The van der Waals surface area contributed by atoms with Gasteiger partial charge in [-0.1, -0.05) is 36.4 Å². The molecule has 0 saturated heterocycles. The highest BCUT2D eigenvalue weighted by atomic mass is 19.1. The van der Waals surface area contributed by atoms with E-state index in [0.29, 0.717) is 11.1 Å². The second-order valence-corrected chi connectivity index (χ2v) is 6.95. The molecule has 6 heteroatoms. The molecule has 0 spiro atoms. The molecule has 0 saturated carbocycles. The first kappa shape index (κ1) is 19.4. The molecule has 0 radical (unpaired) electrons. The number of carboxylic acid groups (broad SMARTS) is 1. The zero-order valence-corrected chi connectivity index (χ0v) is 15.0. The summed E-state index contributed by atoms with van der Waals surface area (Å²) in [4.78, 5) is 23.3. The maximum atomic E-state index is 13.4. The number of carbonyl (C=O) groups is 2. The largest absolute Gasteiger partial charge is 0.480 e. The van der Waals surface area contributed by atoms with Crippen LogP contribution in [-0.4, -0.2) is 28.8 Å². The second kappa shape index (κ2) is 7.99. The second-order valence-electron chi connectivity index (χ2n) is 6.95. The third kappa shape index (κ3) is 5.88. The standard InChI is InChI=1S/C20H22FNO4/c1-20(2,3)26-19(25)22-17(18(23)24)11-13-6-4-7-14(10-13)15-8-5-9-16(21)12-15/h4-10,12,17H,11H2,1-3H3,(H,22,25)(H,23,24)/t17-/m0/s1. The first-order chi connectivity index (χ1) is 12.1. The molecule has 0 bridgehead atoms. The van der Waals surface area contributed by atoms with Crippen LogP contribution in [0.5, 0.6) is 0 Å². The maximum absolute atomic E-state index is 13.4. The lowest BCUT2D eigenvalue weighted by atomic mass is 9.99. The van der Waals surface area contributed by atoms with E-state index in [1.165, 1.54) is 12.1 Å². The molecule has 2 rings (SSSR count). The number of hydrogen-bond acceptors (Lipinski definition) is 3. The summed E-state index contributed by atoms with van der Waals surface area (Å²) in [6.07, 6.45) is -0.705. The minimum absolute atomic E-state index is 0.0811. The van der Waals surface area contributed by atoms with Crippen molar-refractivity contribution >= 4 is 12.1 Å². The highest BCUT2D eigenvalue weighted by Crippen LogP contribution is 2.22. The summed E-state index contributed by atoms with van der Waals surface area (Å²) in [6, 6.07) is 12.1. The Bertz CT molecular complexity index is 798. The molecule has 1 amide bonds. The minimum Gasteiger partial charge on any atom is -0.480 e. The van der Waals surface area contributed by atoms with Gasteiger partial charge in [0.15, 0.2) is 0 Å². The van der Waals surface area contributed by atoms with Crippen LogP contribution in [0.2, 0.25) is 0 Å². The van der Waals surface area contributed by atoms with Crippen LogP contribution in [-0.2, 0) is 16.0 Å². The van der Waals surface area contributed by atoms with Gasteiger partial charge in [-0.05, 0) is 49.6 Å². The predicted molar refractivity (Wildman–Crippen MR) is 96.3 cm³/mol. The third-order valence-electron chi connectivity index (χ3n) is 3.51. The van der Waals surface area contributed by atoms with Crippen LogP contribution < -0.4 is 5.32 Å².